The van der Waals surface area contributed by atoms with Gasteiger partial charge in [0.25, 0.3) is 0 Å². The number of hydrogen-bond acceptors (Lipinski definition) is 8. The number of amides is 1. The van der Waals surface area contributed by atoms with Crippen LogP contribution in [0.5, 0.6) is 0 Å². The summed E-state index contributed by atoms with van der Waals surface area (Å²) in [6, 6.07) is 3.62. The number of pyridine rings is 1. The van der Waals surface area contributed by atoms with Gasteiger partial charge >= 0.3 is 0 Å². The molecular weight excluding hydrogens is 364 g/mol. The summed E-state index contributed by atoms with van der Waals surface area (Å²) in [5.74, 6) is 1.37. The van der Waals surface area contributed by atoms with Crippen molar-refractivity contribution in [2.75, 3.05) is 18.4 Å². The van der Waals surface area contributed by atoms with Crippen molar-refractivity contribution in [3.63, 3.8) is 0 Å². The Morgan fingerprint density at radius 1 is 1.30 bits per heavy atom. The number of rotatable bonds is 6. The molecule has 0 spiro atoms. The number of aryl methyl sites for hydroxylation is 1. The quantitative estimate of drug-likeness (QED) is 0.673. The van der Waals surface area contributed by atoms with Gasteiger partial charge in [0.2, 0.25) is 17.6 Å². The first-order valence-corrected chi connectivity index (χ1v) is 9.79. The van der Waals surface area contributed by atoms with Crippen molar-refractivity contribution < 1.29 is 9.32 Å². The van der Waals surface area contributed by atoms with Gasteiger partial charge < -0.3 is 15.2 Å². The largest absolute Gasteiger partial charge is 0.339 e. The van der Waals surface area contributed by atoms with Crippen LogP contribution < -0.4 is 10.6 Å². The lowest BCUT2D eigenvalue weighted by atomic mass is 9.97. The number of anilines is 1. The van der Waals surface area contributed by atoms with Gasteiger partial charge in [-0.15, -0.1) is 11.3 Å². The van der Waals surface area contributed by atoms with Crippen LogP contribution in [0, 0.1) is 0 Å². The third kappa shape index (κ3) is 4.55. The number of aromatic nitrogens is 4. The molecule has 1 amide bonds. The summed E-state index contributed by atoms with van der Waals surface area (Å²) < 4.78 is 5.22. The van der Waals surface area contributed by atoms with Crippen LogP contribution in [0.1, 0.15) is 35.9 Å². The Morgan fingerprint density at radius 2 is 2.11 bits per heavy atom. The first kappa shape index (κ1) is 17.7. The second-order valence-electron chi connectivity index (χ2n) is 6.39. The Bertz CT molecular complexity index is 888. The lowest BCUT2D eigenvalue weighted by Crippen LogP contribution is -2.26. The number of nitrogens with zero attached hydrogens (tertiary/aromatic N) is 4. The molecule has 2 N–H and O–H groups in total. The highest BCUT2D eigenvalue weighted by Gasteiger charge is 2.18. The average molecular weight is 384 g/mol. The van der Waals surface area contributed by atoms with Crippen LogP contribution in [-0.4, -0.2) is 39.1 Å². The van der Waals surface area contributed by atoms with E-state index in [1.165, 1.54) is 4.88 Å². The SMILES string of the molecule is O=C(CCc1nc(-c2ccncc2)no1)Nc1ncc(C2CCNCC2)s1. The van der Waals surface area contributed by atoms with E-state index in [1.54, 1.807) is 23.7 Å². The van der Waals surface area contributed by atoms with Gasteiger partial charge in [-0.05, 0) is 44.0 Å². The molecule has 0 bridgehead atoms. The van der Waals surface area contributed by atoms with Gasteiger partial charge in [-0.25, -0.2) is 4.98 Å². The van der Waals surface area contributed by atoms with E-state index in [2.05, 4.69) is 30.7 Å². The topological polar surface area (TPSA) is 106 Å². The lowest BCUT2D eigenvalue weighted by Gasteiger charge is -2.20. The van der Waals surface area contributed by atoms with Gasteiger partial charge in [0.05, 0.1) is 0 Å². The van der Waals surface area contributed by atoms with Crippen LogP contribution in [0.4, 0.5) is 5.13 Å². The Morgan fingerprint density at radius 3 is 2.93 bits per heavy atom. The molecule has 4 rings (SSSR count). The number of hydrogen-bond donors (Lipinski definition) is 2. The fourth-order valence-corrected chi connectivity index (χ4v) is 4.02. The molecule has 1 fully saturated rings. The number of carbonyl (C=O) groups excluding carboxylic acids is 1. The molecular formula is C18H20N6O2S. The summed E-state index contributed by atoms with van der Waals surface area (Å²) in [7, 11) is 0. The second kappa shape index (κ2) is 8.36. The summed E-state index contributed by atoms with van der Waals surface area (Å²) in [6.45, 7) is 2.08. The molecule has 0 unspecified atom stereocenters. The zero-order valence-electron chi connectivity index (χ0n) is 14.7. The molecule has 9 heteroatoms. The Balaban J connectivity index is 1.29. The molecule has 0 aromatic carbocycles. The van der Waals surface area contributed by atoms with Gasteiger partial charge in [-0.2, -0.15) is 4.98 Å². The number of thiazole rings is 1. The summed E-state index contributed by atoms with van der Waals surface area (Å²) in [6.07, 6.45) is 8.11. The Kier molecular flexibility index (Phi) is 5.50. The van der Waals surface area contributed by atoms with E-state index in [1.807, 2.05) is 18.3 Å². The third-order valence-corrected chi connectivity index (χ3v) is 5.56. The molecule has 3 aromatic heterocycles. The Hall–Kier alpha value is -2.65. The van der Waals surface area contributed by atoms with E-state index in [-0.39, 0.29) is 12.3 Å². The van der Waals surface area contributed by atoms with Crippen molar-refractivity contribution >= 4 is 22.4 Å². The van der Waals surface area contributed by atoms with Crippen molar-refractivity contribution in [1.29, 1.82) is 0 Å². The van der Waals surface area contributed by atoms with Gasteiger partial charge in [0.1, 0.15) is 0 Å². The summed E-state index contributed by atoms with van der Waals surface area (Å²) in [5, 5.41) is 10.8. The molecule has 1 saturated heterocycles. The number of carbonyl (C=O) groups is 1. The molecule has 0 radical (unpaired) electrons. The van der Waals surface area contributed by atoms with E-state index < -0.39 is 0 Å². The maximum atomic E-state index is 12.2. The fraction of sp³-hybridized carbons (Fsp3) is 0.389. The van der Waals surface area contributed by atoms with E-state index in [4.69, 9.17) is 4.52 Å². The van der Waals surface area contributed by atoms with Gasteiger partial charge in [-0.3, -0.25) is 9.78 Å². The molecule has 0 atom stereocenters. The van der Waals surface area contributed by atoms with Crippen LogP contribution in [0.2, 0.25) is 0 Å². The molecule has 4 heterocycles. The standard InChI is InChI=1S/C18H20N6O2S/c25-15(22-18-21-11-14(27-18)12-3-7-19-8-4-12)1-2-16-23-17(24-26-16)13-5-9-20-10-6-13/h5-6,9-12,19H,1-4,7-8H2,(H,21,22,25). The fourth-order valence-electron chi connectivity index (χ4n) is 3.02. The van der Waals surface area contributed by atoms with Crippen LogP contribution in [0.25, 0.3) is 11.4 Å². The van der Waals surface area contributed by atoms with Crippen LogP contribution in [-0.2, 0) is 11.2 Å². The highest BCUT2D eigenvalue weighted by Crippen LogP contribution is 2.31. The van der Waals surface area contributed by atoms with Gasteiger partial charge in [0, 0.05) is 41.9 Å². The van der Waals surface area contributed by atoms with Crippen molar-refractivity contribution in [2.45, 2.75) is 31.6 Å². The molecule has 140 valence electrons. The number of piperidine rings is 1. The van der Waals surface area contributed by atoms with Crippen molar-refractivity contribution in [1.82, 2.24) is 25.4 Å². The maximum absolute atomic E-state index is 12.2. The van der Waals surface area contributed by atoms with E-state index >= 15 is 0 Å². The van der Waals surface area contributed by atoms with Gasteiger partial charge in [-0.1, -0.05) is 5.16 Å². The third-order valence-electron chi connectivity index (χ3n) is 4.48. The van der Waals surface area contributed by atoms with E-state index in [9.17, 15) is 4.79 Å². The van der Waals surface area contributed by atoms with Crippen molar-refractivity contribution in [3.8, 4) is 11.4 Å². The smallest absolute Gasteiger partial charge is 0.227 e. The van der Waals surface area contributed by atoms with Crippen LogP contribution in [0.3, 0.4) is 0 Å². The van der Waals surface area contributed by atoms with Crippen LogP contribution in [0.15, 0.2) is 35.2 Å². The van der Waals surface area contributed by atoms with E-state index in [0.29, 0.717) is 29.2 Å². The maximum Gasteiger partial charge on any atom is 0.227 e. The zero-order valence-corrected chi connectivity index (χ0v) is 15.5. The predicted molar refractivity (Wildman–Crippen MR) is 101 cm³/mol. The first-order valence-electron chi connectivity index (χ1n) is 8.97. The highest BCUT2D eigenvalue weighted by atomic mass is 32.1. The first-order chi connectivity index (χ1) is 13.3. The van der Waals surface area contributed by atoms with Crippen LogP contribution >= 0.6 is 11.3 Å². The summed E-state index contributed by atoms with van der Waals surface area (Å²) in [4.78, 5) is 26.1. The lowest BCUT2D eigenvalue weighted by molar-refractivity contribution is -0.116. The molecule has 27 heavy (non-hydrogen) atoms. The molecule has 3 aromatic rings. The Labute approximate surface area is 160 Å². The second-order valence-corrected chi connectivity index (χ2v) is 7.45. The normalized spacial score (nSPS) is 15.0. The minimum atomic E-state index is -0.107. The summed E-state index contributed by atoms with van der Waals surface area (Å²) in [5.41, 5.74) is 0.831. The molecule has 0 saturated carbocycles. The number of nitrogens with one attached hydrogen (secondary N) is 2. The average Bonchev–Trinajstić information content (AvgIpc) is 3.37. The molecule has 0 aliphatic carbocycles. The van der Waals surface area contributed by atoms with Crippen molar-refractivity contribution in [2.24, 2.45) is 0 Å². The van der Waals surface area contributed by atoms with E-state index in [0.717, 1.165) is 31.5 Å². The zero-order chi connectivity index (χ0) is 18.5. The molecule has 1 aliphatic rings. The summed E-state index contributed by atoms with van der Waals surface area (Å²) >= 11 is 1.56. The van der Waals surface area contributed by atoms with Gasteiger partial charge in [0.15, 0.2) is 5.13 Å². The van der Waals surface area contributed by atoms with Crippen molar-refractivity contribution in [3.05, 3.63) is 41.5 Å². The molecule has 8 nitrogen and oxygen atoms in total. The molecule has 1 aliphatic heterocycles. The minimum Gasteiger partial charge on any atom is -0.339 e. The highest BCUT2D eigenvalue weighted by molar-refractivity contribution is 7.15. The predicted octanol–water partition coefficient (Wildman–Crippen LogP) is 2.63. The minimum absolute atomic E-state index is 0.107. The monoisotopic (exact) mass is 384 g/mol.